The summed E-state index contributed by atoms with van der Waals surface area (Å²) in [5, 5.41) is 6.10. The molecule has 0 spiro atoms. The predicted molar refractivity (Wildman–Crippen MR) is 123 cm³/mol. The standard InChI is InChI=1S/C20H32N4O3.HI/c1-15(27-18-7-5-17(26-4)6-8-18)14-23-20(22-3)24-11-9-16(10-12-24)13-19(25)21-2;/h5-8,15-16H,9-14H2,1-4H3,(H,21,25)(H,22,23);1H. The van der Waals surface area contributed by atoms with Gasteiger partial charge in [0.15, 0.2) is 5.96 Å². The molecule has 0 aromatic heterocycles. The number of carbonyl (C=O) groups excluding carboxylic acids is 1. The second-order valence-electron chi connectivity index (χ2n) is 6.84. The molecule has 2 N–H and O–H groups in total. The topological polar surface area (TPSA) is 75.2 Å². The molecule has 2 rings (SSSR count). The fraction of sp³-hybridized carbons (Fsp3) is 0.600. The molecule has 7 nitrogen and oxygen atoms in total. The molecular formula is C20H33IN4O3. The first-order valence-corrected chi connectivity index (χ1v) is 9.52. The average molecular weight is 504 g/mol. The number of likely N-dealkylation sites (tertiary alicyclic amines) is 1. The summed E-state index contributed by atoms with van der Waals surface area (Å²) in [5.74, 6) is 3.10. The second-order valence-corrected chi connectivity index (χ2v) is 6.84. The van der Waals surface area contributed by atoms with E-state index in [0.717, 1.165) is 43.4 Å². The molecule has 0 saturated carbocycles. The predicted octanol–water partition coefficient (Wildman–Crippen LogP) is 2.50. The molecule has 1 aromatic carbocycles. The smallest absolute Gasteiger partial charge is 0.220 e. The molecule has 8 heteroatoms. The molecule has 1 aromatic rings. The van der Waals surface area contributed by atoms with Crippen molar-refractivity contribution in [2.45, 2.75) is 32.3 Å². The van der Waals surface area contributed by atoms with Crippen LogP contribution < -0.4 is 20.1 Å². The van der Waals surface area contributed by atoms with Crippen LogP contribution in [0.25, 0.3) is 0 Å². The zero-order valence-electron chi connectivity index (χ0n) is 17.2. The number of rotatable bonds is 7. The van der Waals surface area contributed by atoms with Crippen LogP contribution in [0, 0.1) is 5.92 Å². The number of guanidine groups is 1. The third-order valence-electron chi connectivity index (χ3n) is 4.82. The number of halogens is 1. The Labute approximate surface area is 185 Å². The van der Waals surface area contributed by atoms with Gasteiger partial charge in [-0.05, 0) is 49.9 Å². The summed E-state index contributed by atoms with van der Waals surface area (Å²) in [5.41, 5.74) is 0. The van der Waals surface area contributed by atoms with Crippen LogP contribution in [0.2, 0.25) is 0 Å². The quantitative estimate of drug-likeness (QED) is 0.339. The summed E-state index contributed by atoms with van der Waals surface area (Å²) < 4.78 is 11.1. The normalized spacial score (nSPS) is 16.0. The van der Waals surface area contributed by atoms with E-state index in [1.807, 2.05) is 31.2 Å². The Morgan fingerprint density at radius 2 is 1.86 bits per heavy atom. The molecule has 1 aliphatic rings. The van der Waals surface area contributed by atoms with E-state index in [1.54, 1.807) is 21.2 Å². The molecule has 1 fully saturated rings. The molecule has 1 amide bonds. The Morgan fingerprint density at radius 3 is 2.39 bits per heavy atom. The van der Waals surface area contributed by atoms with Crippen molar-refractivity contribution >= 4 is 35.8 Å². The van der Waals surface area contributed by atoms with Crippen molar-refractivity contribution in [2.24, 2.45) is 10.9 Å². The molecule has 0 radical (unpaired) electrons. The minimum Gasteiger partial charge on any atom is -0.497 e. The fourth-order valence-corrected chi connectivity index (χ4v) is 3.21. The maximum absolute atomic E-state index is 11.5. The van der Waals surface area contributed by atoms with Gasteiger partial charge in [0.2, 0.25) is 5.91 Å². The van der Waals surface area contributed by atoms with Crippen molar-refractivity contribution in [3.05, 3.63) is 24.3 Å². The zero-order valence-corrected chi connectivity index (χ0v) is 19.6. The van der Waals surface area contributed by atoms with Crippen LogP contribution in [0.1, 0.15) is 26.2 Å². The largest absolute Gasteiger partial charge is 0.497 e. The molecule has 158 valence electrons. The summed E-state index contributed by atoms with van der Waals surface area (Å²) >= 11 is 0. The second kappa shape index (κ2) is 12.7. The van der Waals surface area contributed by atoms with E-state index in [9.17, 15) is 4.79 Å². The number of carbonyl (C=O) groups is 1. The maximum atomic E-state index is 11.5. The number of nitrogens with zero attached hydrogens (tertiary/aromatic N) is 2. The molecule has 1 aliphatic heterocycles. The van der Waals surface area contributed by atoms with E-state index in [4.69, 9.17) is 9.47 Å². The minimum absolute atomic E-state index is 0. The Morgan fingerprint density at radius 1 is 1.25 bits per heavy atom. The van der Waals surface area contributed by atoms with Crippen LogP contribution in [0.3, 0.4) is 0 Å². The Balaban J connectivity index is 0.00000392. The number of methoxy groups -OCH3 is 1. The van der Waals surface area contributed by atoms with Gasteiger partial charge < -0.3 is 25.0 Å². The van der Waals surface area contributed by atoms with Crippen LogP contribution in [0.5, 0.6) is 11.5 Å². The lowest BCUT2D eigenvalue weighted by Crippen LogP contribution is -2.48. The average Bonchev–Trinajstić information content (AvgIpc) is 2.70. The third kappa shape index (κ3) is 7.73. The van der Waals surface area contributed by atoms with Crippen LogP contribution in [-0.2, 0) is 4.79 Å². The number of benzene rings is 1. The number of nitrogens with one attached hydrogen (secondary N) is 2. The minimum atomic E-state index is 0. The van der Waals surface area contributed by atoms with Crippen molar-refractivity contribution in [1.29, 1.82) is 0 Å². The van der Waals surface area contributed by atoms with Gasteiger partial charge >= 0.3 is 0 Å². The van der Waals surface area contributed by atoms with Gasteiger partial charge in [0.25, 0.3) is 0 Å². The highest BCUT2D eigenvalue weighted by Gasteiger charge is 2.23. The lowest BCUT2D eigenvalue weighted by atomic mass is 9.93. The number of aliphatic imine (C=N–C) groups is 1. The molecular weight excluding hydrogens is 471 g/mol. The highest BCUT2D eigenvalue weighted by atomic mass is 127. The lowest BCUT2D eigenvalue weighted by Gasteiger charge is -2.34. The lowest BCUT2D eigenvalue weighted by molar-refractivity contribution is -0.121. The van der Waals surface area contributed by atoms with E-state index in [-0.39, 0.29) is 36.0 Å². The van der Waals surface area contributed by atoms with Crippen molar-refractivity contribution < 1.29 is 14.3 Å². The number of hydrogen-bond acceptors (Lipinski definition) is 4. The Kier molecular flexibility index (Phi) is 11.0. The van der Waals surface area contributed by atoms with Gasteiger partial charge in [-0.25, -0.2) is 0 Å². The first-order valence-electron chi connectivity index (χ1n) is 9.52. The highest BCUT2D eigenvalue weighted by Crippen LogP contribution is 2.21. The summed E-state index contributed by atoms with van der Waals surface area (Å²) in [6.07, 6.45) is 2.63. The van der Waals surface area contributed by atoms with Crippen molar-refractivity contribution in [2.75, 3.05) is 40.8 Å². The first kappa shape index (κ1) is 24.3. The molecule has 0 aliphatic carbocycles. The molecule has 28 heavy (non-hydrogen) atoms. The summed E-state index contributed by atoms with van der Waals surface area (Å²) in [6, 6.07) is 7.58. The third-order valence-corrected chi connectivity index (χ3v) is 4.82. The molecule has 0 bridgehead atoms. The number of hydrogen-bond donors (Lipinski definition) is 2. The molecule has 1 heterocycles. The van der Waals surface area contributed by atoms with E-state index < -0.39 is 0 Å². The van der Waals surface area contributed by atoms with Gasteiger partial charge in [-0.2, -0.15) is 0 Å². The number of ether oxygens (including phenoxy) is 2. The van der Waals surface area contributed by atoms with E-state index in [0.29, 0.717) is 18.9 Å². The number of amides is 1. The van der Waals surface area contributed by atoms with Crippen molar-refractivity contribution in [3.63, 3.8) is 0 Å². The van der Waals surface area contributed by atoms with Crippen LogP contribution in [-0.4, -0.2) is 63.7 Å². The molecule has 1 unspecified atom stereocenters. The SMILES string of the molecule is CN=C(NCC(C)Oc1ccc(OC)cc1)N1CCC(CC(=O)NC)CC1.I. The summed E-state index contributed by atoms with van der Waals surface area (Å²) in [6.45, 7) is 4.51. The first-order chi connectivity index (χ1) is 13.0. The van der Waals surface area contributed by atoms with Crippen LogP contribution >= 0.6 is 24.0 Å². The summed E-state index contributed by atoms with van der Waals surface area (Å²) in [7, 11) is 5.14. The van der Waals surface area contributed by atoms with E-state index in [2.05, 4.69) is 20.5 Å². The zero-order chi connectivity index (χ0) is 19.6. The monoisotopic (exact) mass is 504 g/mol. The summed E-state index contributed by atoms with van der Waals surface area (Å²) in [4.78, 5) is 18.2. The van der Waals surface area contributed by atoms with Crippen molar-refractivity contribution in [1.82, 2.24) is 15.5 Å². The van der Waals surface area contributed by atoms with E-state index >= 15 is 0 Å². The van der Waals surface area contributed by atoms with Gasteiger partial charge in [0.1, 0.15) is 17.6 Å². The van der Waals surface area contributed by atoms with Crippen LogP contribution in [0.15, 0.2) is 29.3 Å². The molecule has 1 saturated heterocycles. The Hall–Kier alpha value is -1.71. The fourth-order valence-electron chi connectivity index (χ4n) is 3.21. The van der Waals surface area contributed by atoms with Gasteiger partial charge in [0, 0.05) is 33.6 Å². The maximum Gasteiger partial charge on any atom is 0.220 e. The van der Waals surface area contributed by atoms with E-state index in [1.165, 1.54) is 0 Å². The number of piperidine rings is 1. The van der Waals surface area contributed by atoms with Gasteiger partial charge in [-0.3, -0.25) is 9.79 Å². The van der Waals surface area contributed by atoms with Crippen molar-refractivity contribution in [3.8, 4) is 11.5 Å². The van der Waals surface area contributed by atoms with Gasteiger partial charge in [-0.15, -0.1) is 24.0 Å². The van der Waals surface area contributed by atoms with Gasteiger partial charge in [0.05, 0.1) is 13.7 Å². The molecule has 1 atom stereocenters. The Bertz CT molecular complexity index is 616. The van der Waals surface area contributed by atoms with Crippen LogP contribution in [0.4, 0.5) is 0 Å². The van der Waals surface area contributed by atoms with Gasteiger partial charge in [-0.1, -0.05) is 0 Å². The highest BCUT2D eigenvalue weighted by molar-refractivity contribution is 14.0.